The van der Waals surface area contributed by atoms with Gasteiger partial charge in [0.2, 0.25) is 0 Å². The lowest BCUT2D eigenvalue weighted by Crippen LogP contribution is -2.08. The molecule has 0 saturated heterocycles. The fourth-order valence-electron chi connectivity index (χ4n) is 2.50. The van der Waals surface area contributed by atoms with E-state index in [1.54, 1.807) is 19.2 Å². The molecule has 1 heterocycles. The number of unbranched alkanes of at least 4 members (excludes halogenated alkanes) is 1. The zero-order valence-corrected chi connectivity index (χ0v) is 14.8. The van der Waals surface area contributed by atoms with Crippen molar-refractivity contribution in [1.29, 1.82) is 0 Å². The third kappa shape index (κ3) is 4.51. The second-order valence-corrected chi connectivity index (χ2v) is 5.77. The molecule has 0 aliphatic heterocycles. The predicted molar refractivity (Wildman–Crippen MR) is 98.8 cm³/mol. The molecule has 0 aliphatic carbocycles. The molecule has 1 aromatic heterocycles. The number of benzene rings is 1. The first-order valence-electron chi connectivity index (χ1n) is 8.24. The Bertz CT molecular complexity index is 749. The van der Waals surface area contributed by atoms with Crippen LogP contribution < -0.4 is 14.9 Å². The minimum atomic E-state index is 0.0331. The van der Waals surface area contributed by atoms with Crippen LogP contribution in [0.4, 0.5) is 0 Å². The Morgan fingerprint density at radius 3 is 2.42 bits per heavy atom. The molecule has 0 saturated carbocycles. The summed E-state index contributed by atoms with van der Waals surface area (Å²) in [6.45, 7) is 6.66. The molecule has 0 amide bonds. The maximum atomic E-state index is 11.5. The van der Waals surface area contributed by atoms with Crippen molar-refractivity contribution in [1.82, 2.24) is 4.57 Å². The van der Waals surface area contributed by atoms with Crippen LogP contribution >= 0.6 is 0 Å². The fourth-order valence-corrected chi connectivity index (χ4v) is 2.50. The normalized spacial score (nSPS) is 11.0. The zero-order valence-electron chi connectivity index (χ0n) is 14.8. The summed E-state index contributed by atoms with van der Waals surface area (Å²) in [6, 6.07) is 9.12. The summed E-state index contributed by atoms with van der Waals surface area (Å²) in [5.74, 6) is 1.49. The summed E-state index contributed by atoms with van der Waals surface area (Å²) in [5, 5.41) is 0. The van der Waals surface area contributed by atoms with Crippen LogP contribution in [0.2, 0.25) is 0 Å². The molecule has 24 heavy (non-hydrogen) atoms. The topological polar surface area (TPSA) is 40.5 Å². The second-order valence-electron chi connectivity index (χ2n) is 5.77. The smallest absolute Gasteiger partial charge is 0.182 e. The van der Waals surface area contributed by atoms with Crippen molar-refractivity contribution in [2.45, 2.75) is 33.6 Å². The van der Waals surface area contributed by atoms with E-state index in [2.05, 4.69) is 6.92 Å². The second kappa shape index (κ2) is 8.39. The standard InChI is InChI=1S/C20H25NO3/c1-5-6-11-24-20-14-17(7-8-19(20)23-4)9-10-21-15(2)12-18(22)13-16(21)3/h7-10,12-14H,5-6,11H2,1-4H3/b10-9+. The number of hydrogen-bond acceptors (Lipinski definition) is 3. The minimum absolute atomic E-state index is 0.0331. The van der Waals surface area contributed by atoms with E-state index in [4.69, 9.17) is 9.47 Å². The molecule has 0 spiro atoms. The van der Waals surface area contributed by atoms with Crippen LogP contribution in [0.3, 0.4) is 0 Å². The Balaban J connectivity index is 2.26. The van der Waals surface area contributed by atoms with Gasteiger partial charge in [0.15, 0.2) is 16.9 Å². The third-order valence-electron chi connectivity index (χ3n) is 3.82. The number of rotatable bonds is 7. The Morgan fingerprint density at radius 1 is 1.08 bits per heavy atom. The summed E-state index contributed by atoms with van der Waals surface area (Å²) in [7, 11) is 1.64. The molecule has 0 radical (unpaired) electrons. The molecule has 0 aliphatic rings. The summed E-state index contributed by atoms with van der Waals surface area (Å²) in [6.07, 6.45) is 6.06. The number of ether oxygens (including phenoxy) is 2. The lowest BCUT2D eigenvalue weighted by atomic mass is 10.2. The highest BCUT2D eigenvalue weighted by Gasteiger charge is 2.05. The van der Waals surface area contributed by atoms with Gasteiger partial charge in [0.05, 0.1) is 13.7 Å². The van der Waals surface area contributed by atoms with Crippen molar-refractivity contribution >= 4 is 12.3 Å². The van der Waals surface area contributed by atoms with E-state index >= 15 is 0 Å². The van der Waals surface area contributed by atoms with Gasteiger partial charge in [-0.3, -0.25) is 4.79 Å². The average Bonchev–Trinajstić information content (AvgIpc) is 2.54. The molecule has 0 bridgehead atoms. The summed E-state index contributed by atoms with van der Waals surface area (Å²) in [5.41, 5.74) is 2.86. The van der Waals surface area contributed by atoms with Crippen molar-refractivity contribution in [3.05, 3.63) is 57.5 Å². The quantitative estimate of drug-likeness (QED) is 0.713. The SMILES string of the molecule is CCCCOc1cc(/C=C/n2c(C)cc(=O)cc2C)ccc1OC. The molecule has 4 nitrogen and oxygen atoms in total. The van der Waals surface area contributed by atoms with Crippen LogP contribution in [0, 0.1) is 13.8 Å². The summed E-state index contributed by atoms with van der Waals surface area (Å²) in [4.78, 5) is 11.5. The van der Waals surface area contributed by atoms with E-state index in [1.807, 2.05) is 48.9 Å². The van der Waals surface area contributed by atoms with Gasteiger partial charge >= 0.3 is 0 Å². The predicted octanol–water partition coefficient (Wildman–Crippen LogP) is 4.28. The monoisotopic (exact) mass is 327 g/mol. The Kier molecular flexibility index (Phi) is 6.24. The van der Waals surface area contributed by atoms with E-state index in [1.165, 1.54) is 0 Å². The number of hydrogen-bond donors (Lipinski definition) is 0. The van der Waals surface area contributed by atoms with Crippen molar-refractivity contribution in [3.63, 3.8) is 0 Å². The Morgan fingerprint density at radius 2 is 1.79 bits per heavy atom. The third-order valence-corrected chi connectivity index (χ3v) is 3.82. The highest BCUT2D eigenvalue weighted by Crippen LogP contribution is 2.29. The van der Waals surface area contributed by atoms with Gasteiger partial charge in [-0.2, -0.15) is 0 Å². The summed E-state index contributed by atoms with van der Waals surface area (Å²) < 4.78 is 13.2. The number of aryl methyl sites for hydroxylation is 2. The van der Waals surface area contributed by atoms with E-state index in [-0.39, 0.29) is 5.43 Å². The molecule has 4 heteroatoms. The van der Waals surface area contributed by atoms with Crippen LogP contribution in [0.15, 0.2) is 35.1 Å². The molecule has 1 aromatic carbocycles. The number of methoxy groups -OCH3 is 1. The molecule has 2 rings (SSSR count). The first-order chi connectivity index (χ1) is 11.5. The van der Waals surface area contributed by atoms with E-state index in [0.29, 0.717) is 6.61 Å². The first-order valence-corrected chi connectivity index (χ1v) is 8.24. The van der Waals surface area contributed by atoms with Crippen LogP contribution in [-0.2, 0) is 0 Å². The van der Waals surface area contributed by atoms with Gasteiger partial charge in [-0.15, -0.1) is 0 Å². The highest BCUT2D eigenvalue weighted by atomic mass is 16.5. The maximum Gasteiger partial charge on any atom is 0.182 e. The fraction of sp³-hybridized carbons (Fsp3) is 0.350. The van der Waals surface area contributed by atoms with Crippen molar-refractivity contribution in [2.24, 2.45) is 0 Å². The van der Waals surface area contributed by atoms with Crippen LogP contribution in [0.5, 0.6) is 11.5 Å². The molecule has 0 unspecified atom stereocenters. The van der Waals surface area contributed by atoms with Gasteiger partial charge in [0.1, 0.15) is 0 Å². The van der Waals surface area contributed by atoms with Crippen molar-refractivity contribution in [2.75, 3.05) is 13.7 Å². The van der Waals surface area contributed by atoms with Gasteiger partial charge in [-0.05, 0) is 44.0 Å². The largest absolute Gasteiger partial charge is 0.493 e. The van der Waals surface area contributed by atoms with Crippen molar-refractivity contribution in [3.8, 4) is 11.5 Å². The highest BCUT2D eigenvalue weighted by molar-refractivity contribution is 5.64. The number of nitrogens with zero attached hydrogens (tertiary/aromatic N) is 1. The minimum Gasteiger partial charge on any atom is -0.493 e. The molecule has 128 valence electrons. The number of aromatic nitrogens is 1. The zero-order chi connectivity index (χ0) is 17.5. The molecular formula is C20H25NO3. The van der Waals surface area contributed by atoms with E-state index in [0.717, 1.165) is 41.3 Å². The lowest BCUT2D eigenvalue weighted by molar-refractivity contribution is 0.288. The molecule has 2 aromatic rings. The van der Waals surface area contributed by atoms with Crippen LogP contribution in [0.1, 0.15) is 36.7 Å². The molecule has 0 N–H and O–H groups in total. The lowest BCUT2D eigenvalue weighted by Gasteiger charge is -2.12. The van der Waals surface area contributed by atoms with Gasteiger partial charge in [-0.25, -0.2) is 0 Å². The number of pyridine rings is 1. The van der Waals surface area contributed by atoms with Gasteiger partial charge in [-0.1, -0.05) is 19.4 Å². The molecular weight excluding hydrogens is 302 g/mol. The van der Waals surface area contributed by atoms with Gasteiger partial charge < -0.3 is 14.0 Å². The van der Waals surface area contributed by atoms with Crippen LogP contribution in [-0.4, -0.2) is 18.3 Å². The van der Waals surface area contributed by atoms with Gasteiger partial charge in [0, 0.05) is 29.7 Å². The van der Waals surface area contributed by atoms with Crippen LogP contribution in [0.25, 0.3) is 12.3 Å². The van der Waals surface area contributed by atoms with Crippen molar-refractivity contribution < 1.29 is 9.47 Å². The summed E-state index contributed by atoms with van der Waals surface area (Å²) >= 11 is 0. The average molecular weight is 327 g/mol. The van der Waals surface area contributed by atoms with Gasteiger partial charge in [0.25, 0.3) is 0 Å². The molecule has 0 atom stereocenters. The first kappa shape index (κ1) is 17.9. The van der Waals surface area contributed by atoms with E-state index < -0.39 is 0 Å². The Hall–Kier alpha value is -2.49. The van der Waals surface area contributed by atoms with E-state index in [9.17, 15) is 4.79 Å². The Labute approximate surface area is 143 Å². The molecule has 0 fully saturated rings. The maximum absolute atomic E-state index is 11.5.